The minimum absolute atomic E-state index is 0.0733. The summed E-state index contributed by atoms with van der Waals surface area (Å²) >= 11 is 0. The predicted molar refractivity (Wildman–Crippen MR) is 142 cm³/mol. The second-order valence-electron chi connectivity index (χ2n) is 9.03. The Hall–Kier alpha value is -2.87. The van der Waals surface area contributed by atoms with E-state index in [0.717, 1.165) is 29.3 Å². The Bertz CT molecular complexity index is 908. The molecule has 0 spiro atoms. The van der Waals surface area contributed by atoms with Crippen molar-refractivity contribution in [1.82, 2.24) is 10.3 Å². The van der Waals surface area contributed by atoms with E-state index in [1.807, 2.05) is 30.5 Å². The lowest BCUT2D eigenvalue weighted by Gasteiger charge is -2.17. The fourth-order valence-corrected chi connectivity index (χ4v) is 3.82. The zero-order valence-corrected chi connectivity index (χ0v) is 22.1. The van der Waals surface area contributed by atoms with Crippen molar-refractivity contribution in [3.05, 3.63) is 36.0 Å². The molecule has 0 saturated heterocycles. The van der Waals surface area contributed by atoms with Crippen LogP contribution in [0.4, 0.5) is 0 Å². The fraction of sp³-hybridized carbons (Fsp3) is 0.607. The number of aromatic nitrogens is 1. The van der Waals surface area contributed by atoms with Crippen LogP contribution in [0.15, 0.2) is 30.5 Å². The number of rotatable bonds is 16. The van der Waals surface area contributed by atoms with E-state index in [-0.39, 0.29) is 11.9 Å². The maximum atomic E-state index is 12.4. The Morgan fingerprint density at radius 3 is 2.14 bits per heavy atom. The highest BCUT2D eigenvalue weighted by atomic mass is 16.5. The summed E-state index contributed by atoms with van der Waals surface area (Å²) in [5.41, 5.74) is 2.03. The molecule has 0 fully saturated rings. The van der Waals surface area contributed by atoms with Crippen LogP contribution < -0.4 is 5.32 Å². The number of hydrogen-bond acceptors (Lipinski definition) is 5. The van der Waals surface area contributed by atoms with Gasteiger partial charge in [-0.3, -0.25) is 4.79 Å². The SMILES string of the molecule is CC(O)C(=O)O.CCCCCCCCCCCC(=O)N[C@@H](Cc1c[nH]c2ccccc12)C(=O)OCC. The van der Waals surface area contributed by atoms with Crippen molar-refractivity contribution in [2.75, 3.05) is 6.61 Å². The van der Waals surface area contributed by atoms with Crippen LogP contribution in [0.25, 0.3) is 10.9 Å². The van der Waals surface area contributed by atoms with E-state index in [0.29, 0.717) is 19.4 Å². The minimum Gasteiger partial charge on any atom is -0.479 e. The number of ether oxygens (including phenoxy) is 1. The minimum atomic E-state index is -1.23. The number of aliphatic hydroxyl groups excluding tert-OH is 1. The van der Waals surface area contributed by atoms with E-state index in [2.05, 4.69) is 17.2 Å². The van der Waals surface area contributed by atoms with Gasteiger partial charge in [0.15, 0.2) is 0 Å². The van der Waals surface area contributed by atoms with E-state index >= 15 is 0 Å². The van der Waals surface area contributed by atoms with Crippen molar-refractivity contribution in [2.24, 2.45) is 0 Å². The van der Waals surface area contributed by atoms with Gasteiger partial charge in [-0.25, -0.2) is 9.59 Å². The molecule has 36 heavy (non-hydrogen) atoms. The molecular weight excluding hydrogens is 460 g/mol. The van der Waals surface area contributed by atoms with Crippen LogP contribution in [0.3, 0.4) is 0 Å². The molecule has 0 aliphatic rings. The zero-order valence-electron chi connectivity index (χ0n) is 22.1. The normalized spacial score (nSPS) is 12.3. The van der Waals surface area contributed by atoms with Gasteiger partial charge in [-0.2, -0.15) is 0 Å². The van der Waals surface area contributed by atoms with Gasteiger partial charge < -0.3 is 25.3 Å². The number of para-hydroxylation sites is 1. The molecule has 4 N–H and O–H groups in total. The number of nitrogens with one attached hydrogen (secondary N) is 2. The van der Waals surface area contributed by atoms with Gasteiger partial charge >= 0.3 is 11.9 Å². The number of carboxylic acids is 1. The highest BCUT2D eigenvalue weighted by Gasteiger charge is 2.23. The van der Waals surface area contributed by atoms with Crippen LogP contribution in [0.2, 0.25) is 0 Å². The number of esters is 1. The molecule has 202 valence electrons. The van der Waals surface area contributed by atoms with Crippen LogP contribution in [0.1, 0.15) is 90.5 Å². The van der Waals surface area contributed by atoms with E-state index < -0.39 is 18.1 Å². The van der Waals surface area contributed by atoms with Crippen molar-refractivity contribution in [3.63, 3.8) is 0 Å². The van der Waals surface area contributed by atoms with Gasteiger partial charge in [0, 0.05) is 29.9 Å². The Morgan fingerprint density at radius 1 is 0.972 bits per heavy atom. The number of carboxylic acid groups (broad SMARTS) is 1. The zero-order chi connectivity index (χ0) is 26.8. The molecule has 0 radical (unpaired) electrons. The number of carbonyl (C=O) groups is 3. The molecule has 8 heteroatoms. The number of fused-ring (bicyclic) bond motifs is 1. The Labute approximate surface area is 214 Å². The molecule has 1 aromatic carbocycles. The number of benzene rings is 1. The molecule has 1 aromatic heterocycles. The fourth-order valence-electron chi connectivity index (χ4n) is 3.82. The highest BCUT2D eigenvalue weighted by Crippen LogP contribution is 2.19. The van der Waals surface area contributed by atoms with Gasteiger partial charge in [0.05, 0.1) is 6.61 Å². The molecule has 0 aliphatic carbocycles. The molecule has 1 unspecified atom stereocenters. The lowest BCUT2D eigenvalue weighted by molar-refractivity contribution is -0.147. The molecule has 8 nitrogen and oxygen atoms in total. The van der Waals surface area contributed by atoms with Crippen LogP contribution in [-0.2, 0) is 25.5 Å². The molecule has 0 aliphatic heterocycles. The summed E-state index contributed by atoms with van der Waals surface area (Å²) in [4.78, 5) is 37.5. The first-order valence-electron chi connectivity index (χ1n) is 13.2. The molecule has 1 amide bonds. The molecule has 2 aromatic rings. The average molecular weight is 505 g/mol. The van der Waals surface area contributed by atoms with Gasteiger partial charge in [0.2, 0.25) is 5.91 Å². The maximum absolute atomic E-state index is 12.4. The van der Waals surface area contributed by atoms with Gasteiger partial charge in [-0.1, -0.05) is 76.5 Å². The van der Waals surface area contributed by atoms with E-state index in [4.69, 9.17) is 14.9 Å². The molecular formula is C28H44N2O6. The molecule has 0 bridgehead atoms. The predicted octanol–water partition coefficient (Wildman–Crippen LogP) is 5.13. The third-order valence-electron chi connectivity index (χ3n) is 5.87. The summed E-state index contributed by atoms with van der Waals surface area (Å²) < 4.78 is 5.20. The molecule has 2 atom stereocenters. The number of aliphatic hydroxyl groups is 1. The van der Waals surface area contributed by atoms with Crippen molar-refractivity contribution < 1.29 is 29.3 Å². The monoisotopic (exact) mass is 504 g/mol. The first-order chi connectivity index (χ1) is 17.3. The van der Waals surface area contributed by atoms with Crippen LogP contribution in [-0.4, -0.2) is 51.8 Å². The van der Waals surface area contributed by atoms with Gasteiger partial charge in [-0.05, 0) is 31.9 Å². The third-order valence-corrected chi connectivity index (χ3v) is 5.87. The number of unbranched alkanes of at least 4 members (excludes halogenated alkanes) is 8. The van der Waals surface area contributed by atoms with Crippen molar-refractivity contribution >= 4 is 28.7 Å². The molecule has 1 heterocycles. The number of amides is 1. The Balaban J connectivity index is 0.000000960. The smallest absolute Gasteiger partial charge is 0.332 e. The second-order valence-corrected chi connectivity index (χ2v) is 9.03. The van der Waals surface area contributed by atoms with Gasteiger partial charge in [0.25, 0.3) is 0 Å². The summed E-state index contributed by atoms with van der Waals surface area (Å²) in [7, 11) is 0. The quantitative estimate of drug-likeness (QED) is 0.185. The largest absolute Gasteiger partial charge is 0.479 e. The van der Waals surface area contributed by atoms with Crippen LogP contribution in [0.5, 0.6) is 0 Å². The standard InChI is InChI=1S/C25H38N2O3.C3H6O3/c1-3-5-6-7-8-9-10-11-12-17-24(28)27-23(25(29)30-4-2)18-20-19-26-22-16-14-13-15-21(20)22;1-2(4)3(5)6/h13-16,19,23,26H,3-12,17-18H2,1-2H3,(H,27,28);2,4H,1H3,(H,5,6)/t23-;/m0./s1. The van der Waals surface area contributed by atoms with Gasteiger partial charge in [0.1, 0.15) is 12.1 Å². The highest BCUT2D eigenvalue weighted by molar-refractivity contribution is 5.87. The molecule has 2 rings (SSSR count). The van der Waals surface area contributed by atoms with Crippen molar-refractivity contribution in [3.8, 4) is 0 Å². The first kappa shape index (κ1) is 31.2. The number of hydrogen-bond donors (Lipinski definition) is 4. The summed E-state index contributed by atoms with van der Waals surface area (Å²) in [6.07, 6.45) is 12.5. The first-order valence-corrected chi connectivity index (χ1v) is 13.2. The topological polar surface area (TPSA) is 129 Å². The summed E-state index contributed by atoms with van der Waals surface area (Å²) in [6, 6.07) is 7.31. The van der Waals surface area contributed by atoms with Crippen molar-refractivity contribution in [2.45, 2.75) is 104 Å². The van der Waals surface area contributed by atoms with E-state index in [1.165, 1.54) is 51.9 Å². The Morgan fingerprint density at radius 2 is 1.56 bits per heavy atom. The van der Waals surface area contributed by atoms with E-state index in [9.17, 15) is 14.4 Å². The summed E-state index contributed by atoms with van der Waals surface area (Å²) in [5, 5.41) is 19.7. The molecule has 0 saturated carbocycles. The summed E-state index contributed by atoms with van der Waals surface area (Å²) in [6.45, 7) is 5.52. The van der Waals surface area contributed by atoms with Crippen molar-refractivity contribution in [1.29, 1.82) is 0 Å². The number of aromatic amines is 1. The average Bonchev–Trinajstić information content (AvgIpc) is 3.26. The lowest BCUT2D eigenvalue weighted by Crippen LogP contribution is -2.43. The second kappa shape index (κ2) is 18.4. The summed E-state index contributed by atoms with van der Waals surface area (Å²) in [5.74, 6) is -1.63. The number of H-pyrrole nitrogens is 1. The van der Waals surface area contributed by atoms with Crippen LogP contribution >= 0.6 is 0 Å². The maximum Gasteiger partial charge on any atom is 0.332 e. The lowest BCUT2D eigenvalue weighted by atomic mass is 10.0. The van der Waals surface area contributed by atoms with Gasteiger partial charge in [-0.15, -0.1) is 0 Å². The van der Waals surface area contributed by atoms with E-state index in [1.54, 1.807) is 6.92 Å². The third kappa shape index (κ3) is 12.7. The Kier molecular flexibility index (Phi) is 15.9. The number of aliphatic carboxylic acids is 1. The number of carbonyl (C=O) groups excluding carboxylic acids is 2. The van der Waals surface area contributed by atoms with Crippen LogP contribution in [0, 0.1) is 0 Å².